The van der Waals surface area contributed by atoms with Crippen LogP contribution in [0, 0.1) is 5.82 Å². The molecule has 0 radical (unpaired) electrons. The Labute approximate surface area is 170 Å². The molecule has 1 amide bonds. The van der Waals surface area contributed by atoms with Crippen LogP contribution >= 0.6 is 0 Å². The quantitative estimate of drug-likeness (QED) is 0.561. The smallest absolute Gasteiger partial charge is 0.410 e. The molecular formula is C20H30FN3O3S. The molecule has 1 aliphatic heterocycles. The van der Waals surface area contributed by atoms with Gasteiger partial charge in [-0.1, -0.05) is 16.5 Å². The van der Waals surface area contributed by atoms with Crippen molar-refractivity contribution in [2.75, 3.05) is 31.1 Å². The minimum absolute atomic E-state index is 0.358. The van der Waals surface area contributed by atoms with Crippen molar-refractivity contribution in [2.45, 2.75) is 51.9 Å². The summed E-state index contributed by atoms with van der Waals surface area (Å²) in [6.45, 7) is 12.8. The number of carbonyl (C=O) groups excluding carboxylic acids is 1. The number of carbonyl (C=O) groups is 1. The standard InChI is InChI=1S/C20H30FN3O3S/c1-19(2,3)27-18(25)24-12-10-23(11-13-24)17-15(8-7-9-16(17)21)14-22-28(26)20(4,5)6/h7-9,14H,10-13H2,1-6H3/t28-/m0/s1. The Hall–Kier alpha value is -1.80. The lowest BCUT2D eigenvalue weighted by molar-refractivity contribution is 0.0240. The van der Waals surface area contributed by atoms with Crippen molar-refractivity contribution in [2.24, 2.45) is 4.40 Å². The fourth-order valence-corrected chi connectivity index (χ4v) is 3.20. The van der Waals surface area contributed by atoms with Gasteiger partial charge in [0.1, 0.15) is 27.5 Å². The third-order valence-corrected chi connectivity index (χ3v) is 5.42. The average Bonchev–Trinajstić information content (AvgIpc) is 2.57. The van der Waals surface area contributed by atoms with E-state index in [-0.39, 0.29) is 11.9 Å². The molecule has 1 aromatic rings. The molecule has 1 heterocycles. The summed E-state index contributed by atoms with van der Waals surface area (Å²) in [6.07, 6.45) is 1.11. The van der Waals surface area contributed by atoms with Gasteiger partial charge in [0.25, 0.3) is 0 Å². The molecule has 156 valence electrons. The highest BCUT2D eigenvalue weighted by atomic mass is 32.2. The van der Waals surface area contributed by atoms with Crippen LogP contribution in [0.2, 0.25) is 0 Å². The highest BCUT2D eigenvalue weighted by molar-refractivity contribution is 7.91. The van der Waals surface area contributed by atoms with Crippen LogP contribution in [0.15, 0.2) is 22.6 Å². The van der Waals surface area contributed by atoms with E-state index >= 15 is 0 Å². The Bertz CT molecular complexity index is 720. The van der Waals surface area contributed by atoms with Gasteiger partial charge in [0.15, 0.2) is 0 Å². The number of benzene rings is 1. The van der Waals surface area contributed by atoms with Gasteiger partial charge in [-0.2, -0.15) is 0 Å². The van der Waals surface area contributed by atoms with Crippen molar-refractivity contribution in [1.29, 1.82) is 0 Å². The molecule has 0 spiro atoms. The van der Waals surface area contributed by atoms with E-state index in [0.29, 0.717) is 37.4 Å². The molecule has 2 rings (SSSR count). The summed E-state index contributed by atoms with van der Waals surface area (Å²) in [5.41, 5.74) is 0.441. The van der Waals surface area contributed by atoms with Gasteiger partial charge >= 0.3 is 6.09 Å². The zero-order valence-corrected chi connectivity index (χ0v) is 18.3. The predicted molar refractivity (Wildman–Crippen MR) is 112 cm³/mol. The monoisotopic (exact) mass is 411 g/mol. The van der Waals surface area contributed by atoms with E-state index in [9.17, 15) is 13.7 Å². The lowest BCUT2D eigenvalue weighted by Gasteiger charge is -2.37. The topological polar surface area (TPSA) is 68.2 Å². The maximum atomic E-state index is 14.6. The van der Waals surface area contributed by atoms with Crippen LogP contribution in [0.1, 0.15) is 47.1 Å². The van der Waals surface area contributed by atoms with Crippen molar-refractivity contribution in [3.8, 4) is 0 Å². The minimum Gasteiger partial charge on any atom is -0.591 e. The fraction of sp³-hybridized carbons (Fsp3) is 0.600. The van der Waals surface area contributed by atoms with E-state index in [1.165, 1.54) is 12.3 Å². The fourth-order valence-electron chi connectivity index (χ4n) is 2.67. The molecule has 28 heavy (non-hydrogen) atoms. The molecule has 8 heteroatoms. The summed E-state index contributed by atoms with van der Waals surface area (Å²) in [7, 11) is 0. The van der Waals surface area contributed by atoms with Gasteiger partial charge in [0.2, 0.25) is 0 Å². The van der Waals surface area contributed by atoms with Crippen molar-refractivity contribution in [3.63, 3.8) is 0 Å². The first-order valence-electron chi connectivity index (χ1n) is 9.36. The maximum Gasteiger partial charge on any atom is 0.410 e. The lowest BCUT2D eigenvalue weighted by atomic mass is 10.1. The second-order valence-corrected chi connectivity index (χ2v) is 10.7. The molecule has 0 saturated carbocycles. The van der Waals surface area contributed by atoms with Crippen LogP contribution in [0.5, 0.6) is 0 Å². The second kappa shape index (κ2) is 8.69. The number of para-hydroxylation sites is 1. The minimum atomic E-state index is -1.42. The maximum absolute atomic E-state index is 14.6. The summed E-state index contributed by atoms with van der Waals surface area (Å²) in [5.74, 6) is -0.365. The van der Waals surface area contributed by atoms with E-state index in [2.05, 4.69) is 4.40 Å². The summed E-state index contributed by atoms with van der Waals surface area (Å²) >= 11 is -1.42. The largest absolute Gasteiger partial charge is 0.591 e. The van der Waals surface area contributed by atoms with Gasteiger partial charge in [0.05, 0.1) is 11.9 Å². The molecule has 1 atom stereocenters. The van der Waals surface area contributed by atoms with Crippen LogP contribution in [-0.2, 0) is 16.1 Å². The number of amides is 1. The molecule has 1 aliphatic rings. The van der Waals surface area contributed by atoms with Crippen LogP contribution in [0.3, 0.4) is 0 Å². The van der Waals surface area contributed by atoms with Gasteiger partial charge in [-0.3, -0.25) is 0 Å². The van der Waals surface area contributed by atoms with E-state index in [1.54, 1.807) is 17.0 Å². The number of nitrogens with zero attached hydrogens (tertiary/aromatic N) is 3. The molecule has 0 aromatic heterocycles. The van der Waals surface area contributed by atoms with E-state index in [0.717, 1.165) is 0 Å². The van der Waals surface area contributed by atoms with E-state index in [1.807, 2.05) is 46.4 Å². The van der Waals surface area contributed by atoms with Gasteiger partial charge in [0, 0.05) is 31.7 Å². The molecule has 0 unspecified atom stereocenters. The number of rotatable bonds is 3. The van der Waals surface area contributed by atoms with Crippen LogP contribution in [-0.4, -0.2) is 58.3 Å². The Balaban J connectivity index is 2.13. The molecular weight excluding hydrogens is 381 g/mol. The van der Waals surface area contributed by atoms with Crippen LogP contribution in [0.25, 0.3) is 0 Å². The molecule has 0 N–H and O–H groups in total. The van der Waals surface area contributed by atoms with E-state index in [4.69, 9.17) is 4.74 Å². The first-order chi connectivity index (χ1) is 12.9. The molecule has 1 saturated heterocycles. The Morgan fingerprint density at radius 3 is 2.32 bits per heavy atom. The highest BCUT2D eigenvalue weighted by Gasteiger charge is 2.29. The molecule has 6 nitrogen and oxygen atoms in total. The first kappa shape index (κ1) is 22.5. The normalized spacial score (nSPS) is 17.1. The second-order valence-electron chi connectivity index (χ2n) is 8.73. The van der Waals surface area contributed by atoms with Crippen molar-refractivity contribution in [1.82, 2.24) is 4.90 Å². The van der Waals surface area contributed by atoms with Gasteiger partial charge in [-0.25, -0.2) is 9.18 Å². The first-order valence-corrected chi connectivity index (χ1v) is 10.5. The van der Waals surface area contributed by atoms with Crippen molar-refractivity contribution in [3.05, 3.63) is 29.6 Å². The lowest BCUT2D eigenvalue weighted by Crippen LogP contribution is -2.50. The third kappa shape index (κ3) is 6.10. The van der Waals surface area contributed by atoms with Crippen molar-refractivity contribution >= 4 is 29.4 Å². The Kier molecular flexibility index (Phi) is 6.98. The number of piperazine rings is 1. The number of ether oxygens (including phenoxy) is 1. The zero-order chi connectivity index (χ0) is 21.1. The Morgan fingerprint density at radius 2 is 1.79 bits per heavy atom. The SMILES string of the molecule is CC(C)(C)OC(=O)N1CCN(c2c(F)cccc2C=N[S@@+]([O-])C(C)(C)C)CC1. The highest BCUT2D eigenvalue weighted by Crippen LogP contribution is 2.26. The van der Waals surface area contributed by atoms with E-state index < -0.39 is 21.7 Å². The van der Waals surface area contributed by atoms with Crippen molar-refractivity contribution < 1.29 is 18.5 Å². The number of anilines is 1. The van der Waals surface area contributed by atoms with Gasteiger partial charge in [-0.15, -0.1) is 0 Å². The summed E-state index contributed by atoms with van der Waals surface area (Å²) in [5, 5.41) is 0. The third-order valence-electron chi connectivity index (χ3n) is 4.08. The average molecular weight is 412 g/mol. The number of hydrogen-bond donors (Lipinski definition) is 0. The molecule has 0 bridgehead atoms. The van der Waals surface area contributed by atoms with Crippen LogP contribution < -0.4 is 4.90 Å². The predicted octanol–water partition coefficient (Wildman–Crippen LogP) is 3.76. The van der Waals surface area contributed by atoms with Gasteiger partial charge in [-0.05, 0) is 47.6 Å². The summed E-state index contributed by atoms with van der Waals surface area (Å²) in [6, 6.07) is 4.76. The molecule has 0 aliphatic carbocycles. The molecule has 1 fully saturated rings. The Morgan fingerprint density at radius 1 is 1.18 bits per heavy atom. The summed E-state index contributed by atoms with van der Waals surface area (Å²) in [4.78, 5) is 15.7. The number of hydrogen-bond acceptors (Lipinski definition) is 5. The number of halogens is 1. The van der Waals surface area contributed by atoms with Crippen LogP contribution in [0.4, 0.5) is 14.9 Å². The molecule has 1 aromatic carbocycles. The zero-order valence-electron chi connectivity index (χ0n) is 17.5. The summed E-state index contributed by atoms with van der Waals surface area (Å²) < 4.78 is 35.8. The van der Waals surface area contributed by atoms with Gasteiger partial charge < -0.3 is 19.1 Å².